The van der Waals surface area contributed by atoms with Gasteiger partial charge in [-0.2, -0.15) is 0 Å². The van der Waals surface area contributed by atoms with Crippen molar-refractivity contribution in [2.45, 2.75) is 11.3 Å². The van der Waals surface area contributed by atoms with Crippen LogP contribution < -0.4 is 4.31 Å². The zero-order valence-electron chi connectivity index (χ0n) is 13.7. The first-order valence-electron chi connectivity index (χ1n) is 7.46. The third kappa shape index (κ3) is 4.20. The van der Waals surface area contributed by atoms with Crippen molar-refractivity contribution in [3.63, 3.8) is 0 Å². The number of nitro benzene ring substituents is 1. The number of sulfonamides is 1. The summed E-state index contributed by atoms with van der Waals surface area (Å²) in [7, 11) is -4.62. The summed E-state index contributed by atoms with van der Waals surface area (Å²) in [6.45, 7) is -0.603. The van der Waals surface area contributed by atoms with Crippen LogP contribution in [0.15, 0.2) is 53.4 Å². The van der Waals surface area contributed by atoms with Crippen LogP contribution in [0.25, 0.3) is 0 Å². The van der Waals surface area contributed by atoms with Gasteiger partial charge in [-0.25, -0.2) is 13.2 Å². The molecular weight excluding hydrogens is 380 g/mol. The molecule has 0 bridgehead atoms. The predicted octanol–water partition coefficient (Wildman–Crippen LogP) is 1.96. The lowest BCUT2D eigenvalue weighted by molar-refractivity contribution is -0.387. The van der Waals surface area contributed by atoms with Gasteiger partial charge in [0.15, 0.2) is 4.90 Å². The van der Waals surface area contributed by atoms with E-state index in [0.717, 1.165) is 18.2 Å². The van der Waals surface area contributed by atoms with Crippen molar-refractivity contribution in [2.24, 2.45) is 0 Å². The second-order valence-electron chi connectivity index (χ2n) is 5.27. The molecule has 0 aliphatic carbocycles. The Labute approximate surface area is 153 Å². The third-order valence-corrected chi connectivity index (χ3v) is 5.42. The Hall–Kier alpha value is -3.47. The number of rotatable bonds is 8. The second kappa shape index (κ2) is 7.83. The fraction of sp³-hybridized carbons (Fsp3) is 0.125. The van der Waals surface area contributed by atoms with Gasteiger partial charge in [-0.15, -0.1) is 0 Å². The normalized spacial score (nSPS) is 11.0. The summed E-state index contributed by atoms with van der Waals surface area (Å²) in [5, 5.41) is 29.4. The maximum atomic E-state index is 13.1. The number of aliphatic carboxylic acids is 1. The molecule has 2 N–H and O–H groups in total. The fourth-order valence-electron chi connectivity index (χ4n) is 2.38. The first kappa shape index (κ1) is 19.8. The number of carboxylic acid groups (broad SMARTS) is 2. The van der Waals surface area contributed by atoms with E-state index in [1.54, 1.807) is 0 Å². The van der Waals surface area contributed by atoms with Gasteiger partial charge in [0.05, 0.1) is 22.6 Å². The van der Waals surface area contributed by atoms with E-state index < -0.39 is 50.4 Å². The van der Waals surface area contributed by atoms with Crippen LogP contribution in [-0.2, 0) is 14.8 Å². The Morgan fingerprint density at radius 1 is 1.04 bits per heavy atom. The van der Waals surface area contributed by atoms with Gasteiger partial charge in [-0.3, -0.25) is 19.2 Å². The number of anilines is 1. The zero-order chi connectivity index (χ0) is 20.2. The molecule has 0 saturated carbocycles. The number of nitro groups is 1. The summed E-state index contributed by atoms with van der Waals surface area (Å²) in [4.78, 5) is 32.1. The highest BCUT2D eigenvalue weighted by atomic mass is 32.2. The van der Waals surface area contributed by atoms with Crippen molar-refractivity contribution in [1.82, 2.24) is 0 Å². The van der Waals surface area contributed by atoms with E-state index in [-0.39, 0.29) is 11.3 Å². The van der Waals surface area contributed by atoms with Gasteiger partial charge in [-0.1, -0.05) is 24.3 Å². The highest BCUT2D eigenvalue weighted by Crippen LogP contribution is 2.31. The first-order valence-corrected chi connectivity index (χ1v) is 8.90. The summed E-state index contributed by atoms with van der Waals surface area (Å²) in [6.07, 6.45) is -0.631. The van der Waals surface area contributed by atoms with E-state index in [1.165, 1.54) is 30.3 Å². The number of carboxylic acids is 2. The Bertz CT molecular complexity index is 1000. The molecule has 11 heteroatoms. The van der Waals surface area contributed by atoms with E-state index in [1.807, 2.05) is 0 Å². The molecule has 0 spiro atoms. The largest absolute Gasteiger partial charge is 0.481 e. The summed E-state index contributed by atoms with van der Waals surface area (Å²) in [6, 6.07) is 9.65. The average molecular weight is 394 g/mol. The summed E-state index contributed by atoms with van der Waals surface area (Å²) >= 11 is 0. The van der Waals surface area contributed by atoms with Crippen LogP contribution in [0.5, 0.6) is 0 Å². The number of aromatic carboxylic acids is 1. The van der Waals surface area contributed by atoms with Gasteiger partial charge in [0.2, 0.25) is 0 Å². The molecule has 0 radical (unpaired) electrons. The Morgan fingerprint density at radius 2 is 1.63 bits per heavy atom. The SMILES string of the molecule is O=C(O)CCN(c1ccccc1C(=O)O)S(=O)(=O)c1ccccc1[N+](=O)[O-]. The number of para-hydroxylation sites is 2. The molecule has 142 valence electrons. The van der Waals surface area contributed by atoms with E-state index in [4.69, 9.17) is 5.11 Å². The molecule has 0 heterocycles. The summed E-state index contributed by atoms with van der Waals surface area (Å²) in [5.74, 6) is -2.74. The Balaban J connectivity index is 2.70. The lowest BCUT2D eigenvalue weighted by Gasteiger charge is -2.25. The van der Waals surface area contributed by atoms with Gasteiger partial charge < -0.3 is 10.2 Å². The van der Waals surface area contributed by atoms with Crippen LogP contribution in [-0.4, -0.2) is 42.0 Å². The lowest BCUT2D eigenvalue weighted by Crippen LogP contribution is -2.34. The minimum atomic E-state index is -4.62. The van der Waals surface area contributed by atoms with Crippen LogP contribution in [0, 0.1) is 10.1 Å². The van der Waals surface area contributed by atoms with Crippen LogP contribution in [0.2, 0.25) is 0 Å². The van der Waals surface area contributed by atoms with Crippen molar-refractivity contribution in [3.8, 4) is 0 Å². The number of benzene rings is 2. The number of hydrogen-bond donors (Lipinski definition) is 2. The highest BCUT2D eigenvalue weighted by molar-refractivity contribution is 7.93. The molecule has 0 fully saturated rings. The van der Waals surface area contributed by atoms with Crippen molar-refractivity contribution >= 4 is 33.3 Å². The minimum absolute atomic E-state index is 0.288. The van der Waals surface area contributed by atoms with E-state index in [9.17, 15) is 33.2 Å². The second-order valence-corrected chi connectivity index (χ2v) is 7.10. The molecular formula is C16H14N2O8S. The smallest absolute Gasteiger partial charge is 0.337 e. The van der Waals surface area contributed by atoms with Crippen molar-refractivity contribution < 1.29 is 33.1 Å². The highest BCUT2D eigenvalue weighted by Gasteiger charge is 2.33. The predicted molar refractivity (Wildman–Crippen MR) is 93.3 cm³/mol. The van der Waals surface area contributed by atoms with Crippen molar-refractivity contribution in [1.29, 1.82) is 0 Å². The molecule has 27 heavy (non-hydrogen) atoms. The molecule has 2 aromatic carbocycles. The monoisotopic (exact) mass is 394 g/mol. The summed E-state index contributed by atoms with van der Waals surface area (Å²) < 4.78 is 26.7. The molecule has 2 aromatic rings. The average Bonchev–Trinajstić information content (AvgIpc) is 2.61. The van der Waals surface area contributed by atoms with Gasteiger partial charge >= 0.3 is 11.9 Å². The Kier molecular flexibility index (Phi) is 5.75. The molecule has 0 aromatic heterocycles. The van der Waals surface area contributed by atoms with Gasteiger partial charge in [-0.05, 0) is 18.2 Å². The molecule has 0 aliphatic rings. The van der Waals surface area contributed by atoms with Crippen LogP contribution in [0.4, 0.5) is 11.4 Å². The van der Waals surface area contributed by atoms with E-state index in [0.29, 0.717) is 4.31 Å². The summed E-state index contributed by atoms with van der Waals surface area (Å²) in [5.41, 5.74) is -1.37. The molecule has 0 saturated heterocycles. The molecule has 0 aliphatic heterocycles. The van der Waals surface area contributed by atoms with Crippen LogP contribution in [0.3, 0.4) is 0 Å². The number of hydrogen-bond acceptors (Lipinski definition) is 6. The van der Waals surface area contributed by atoms with Crippen molar-refractivity contribution in [3.05, 3.63) is 64.2 Å². The molecule has 10 nitrogen and oxygen atoms in total. The quantitative estimate of drug-likeness (QED) is 0.508. The van der Waals surface area contributed by atoms with Crippen LogP contribution >= 0.6 is 0 Å². The maximum absolute atomic E-state index is 13.1. The molecule has 0 amide bonds. The maximum Gasteiger partial charge on any atom is 0.337 e. The third-order valence-electron chi connectivity index (χ3n) is 3.56. The zero-order valence-corrected chi connectivity index (χ0v) is 14.5. The fourth-order valence-corrected chi connectivity index (χ4v) is 4.03. The van der Waals surface area contributed by atoms with Crippen LogP contribution in [0.1, 0.15) is 16.8 Å². The number of carbonyl (C=O) groups is 2. The van der Waals surface area contributed by atoms with Crippen molar-refractivity contribution in [2.75, 3.05) is 10.8 Å². The molecule has 0 atom stereocenters. The lowest BCUT2D eigenvalue weighted by atomic mass is 10.2. The van der Waals surface area contributed by atoms with Gasteiger partial charge in [0.25, 0.3) is 15.7 Å². The first-order chi connectivity index (χ1) is 12.7. The standard InChI is InChI=1S/C16H14N2O8S/c19-15(20)9-10-17(12-6-2-1-5-11(12)16(21)22)27(25,26)14-8-4-3-7-13(14)18(23)24/h1-8H,9-10H2,(H,19,20)(H,21,22). The van der Waals surface area contributed by atoms with Gasteiger partial charge in [0, 0.05) is 12.6 Å². The van der Waals surface area contributed by atoms with Gasteiger partial charge in [0.1, 0.15) is 0 Å². The number of nitrogens with zero attached hydrogens (tertiary/aromatic N) is 2. The Morgan fingerprint density at radius 3 is 2.22 bits per heavy atom. The van der Waals surface area contributed by atoms with E-state index >= 15 is 0 Å². The minimum Gasteiger partial charge on any atom is -0.481 e. The molecule has 2 rings (SSSR count). The van der Waals surface area contributed by atoms with E-state index in [2.05, 4.69) is 0 Å². The topological polar surface area (TPSA) is 155 Å². The molecule has 0 unspecified atom stereocenters.